The third-order valence-corrected chi connectivity index (χ3v) is 3.26. The Hall–Kier alpha value is -1.80. The lowest BCUT2D eigenvalue weighted by atomic mass is 10.1. The van der Waals surface area contributed by atoms with Crippen molar-refractivity contribution >= 4 is 17.6 Å². The van der Waals surface area contributed by atoms with Gasteiger partial charge in [-0.15, -0.1) is 0 Å². The fraction of sp³-hybridized carbons (Fsp3) is 0.235. The Morgan fingerprint density at radius 2 is 1.90 bits per heavy atom. The summed E-state index contributed by atoms with van der Waals surface area (Å²) in [6.45, 7) is 2.48. The third-order valence-electron chi connectivity index (χ3n) is 3.02. The fourth-order valence-electron chi connectivity index (χ4n) is 1.89. The molecule has 0 aliphatic carbocycles. The van der Waals surface area contributed by atoms with Gasteiger partial charge in [0, 0.05) is 5.02 Å². The maximum absolute atomic E-state index is 11.8. The van der Waals surface area contributed by atoms with Crippen molar-refractivity contribution in [2.75, 3.05) is 6.61 Å². The number of halogens is 1. The molecule has 0 N–H and O–H groups in total. The van der Waals surface area contributed by atoms with Crippen molar-refractivity contribution in [3.63, 3.8) is 0 Å². The number of esters is 1. The summed E-state index contributed by atoms with van der Waals surface area (Å²) in [4.78, 5) is 11.8. The summed E-state index contributed by atoms with van der Waals surface area (Å²) < 4.78 is 5.23. The maximum atomic E-state index is 11.8. The summed E-state index contributed by atoms with van der Waals surface area (Å²) in [5.41, 5.74) is 3.00. The number of carbonyl (C=O) groups excluding carboxylic acids is 1. The maximum Gasteiger partial charge on any atom is 0.338 e. The molecule has 0 amide bonds. The van der Waals surface area contributed by atoms with Crippen LogP contribution in [-0.4, -0.2) is 12.6 Å². The summed E-state index contributed by atoms with van der Waals surface area (Å²) in [5, 5.41) is 0.541. The molecule has 0 saturated carbocycles. The van der Waals surface area contributed by atoms with Gasteiger partial charge in [0.05, 0.1) is 12.2 Å². The predicted molar refractivity (Wildman–Crippen MR) is 81.2 cm³/mol. The normalized spacial score (nSPS) is 10.3. The van der Waals surface area contributed by atoms with Crippen LogP contribution in [0.5, 0.6) is 0 Å². The van der Waals surface area contributed by atoms with Gasteiger partial charge in [-0.3, -0.25) is 0 Å². The van der Waals surface area contributed by atoms with Crippen LogP contribution in [0, 0.1) is 6.92 Å². The number of aryl methyl sites for hydroxylation is 2. The minimum absolute atomic E-state index is 0.323. The van der Waals surface area contributed by atoms with E-state index in [0.29, 0.717) is 17.2 Å². The first-order chi connectivity index (χ1) is 9.65. The highest BCUT2D eigenvalue weighted by molar-refractivity contribution is 6.30. The molecular formula is C17H17ClO2. The molecule has 2 rings (SSSR count). The van der Waals surface area contributed by atoms with Crippen molar-refractivity contribution in [2.24, 2.45) is 0 Å². The van der Waals surface area contributed by atoms with Gasteiger partial charge in [-0.05, 0) is 43.5 Å². The first kappa shape index (κ1) is 14.6. The van der Waals surface area contributed by atoms with E-state index in [2.05, 4.69) is 31.2 Å². The summed E-state index contributed by atoms with van der Waals surface area (Å²) in [7, 11) is 0. The van der Waals surface area contributed by atoms with Gasteiger partial charge in [0.2, 0.25) is 0 Å². The molecule has 2 nitrogen and oxygen atoms in total. The Morgan fingerprint density at radius 1 is 1.15 bits per heavy atom. The Labute approximate surface area is 124 Å². The number of hydrogen-bond acceptors (Lipinski definition) is 2. The molecule has 0 heterocycles. The summed E-state index contributed by atoms with van der Waals surface area (Å²) >= 11 is 5.84. The molecule has 0 atom stereocenters. The Bertz CT molecular complexity index is 576. The third kappa shape index (κ3) is 4.39. The summed E-state index contributed by atoms with van der Waals surface area (Å²) in [5.74, 6) is -0.323. The lowest BCUT2D eigenvalue weighted by Gasteiger charge is -2.05. The monoisotopic (exact) mass is 288 g/mol. The van der Waals surface area contributed by atoms with Crippen LogP contribution in [0.1, 0.15) is 27.9 Å². The molecule has 0 unspecified atom stereocenters. The van der Waals surface area contributed by atoms with Crippen molar-refractivity contribution in [1.29, 1.82) is 0 Å². The molecule has 0 aromatic heterocycles. The van der Waals surface area contributed by atoms with Gasteiger partial charge in [-0.2, -0.15) is 0 Å². The largest absolute Gasteiger partial charge is 0.462 e. The zero-order chi connectivity index (χ0) is 14.4. The number of carbonyl (C=O) groups is 1. The van der Waals surface area contributed by atoms with E-state index in [1.165, 1.54) is 11.1 Å². The van der Waals surface area contributed by atoms with Crippen LogP contribution in [0.25, 0.3) is 0 Å². The number of hydrogen-bond donors (Lipinski definition) is 0. The molecule has 0 aliphatic rings. The van der Waals surface area contributed by atoms with Crippen molar-refractivity contribution in [2.45, 2.75) is 19.8 Å². The molecule has 0 saturated heterocycles. The number of rotatable bonds is 5. The van der Waals surface area contributed by atoms with Crippen molar-refractivity contribution in [3.05, 3.63) is 70.2 Å². The number of ether oxygens (including phenoxy) is 1. The van der Waals surface area contributed by atoms with Crippen LogP contribution in [0.3, 0.4) is 0 Å². The predicted octanol–water partition coefficient (Wildman–Crippen LogP) is 4.44. The van der Waals surface area contributed by atoms with E-state index in [-0.39, 0.29) is 5.97 Å². The standard InChI is InChI=1S/C17H17ClO2/c1-13-7-9-14(10-8-13)4-3-11-20-17(19)15-5-2-6-16(18)12-15/h2,5-10,12H,3-4,11H2,1H3. The topological polar surface area (TPSA) is 26.3 Å². The highest BCUT2D eigenvalue weighted by Gasteiger charge is 2.06. The smallest absolute Gasteiger partial charge is 0.338 e. The van der Waals surface area contributed by atoms with Crippen LogP contribution in [-0.2, 0) is 11.2 Å². The van der Waals surface area contributed by atoms with Crippen molar-refractivity contribution in [1.82, 2.24) is 0 Å². The van der Waals surface area contributed by atoms with Gasteiger partial charge in [0.15, 0.2) is 0 Å². The average molecular weight is 289 g/mol. The molecule has 2 aromatic carbocycles. The highest BCUT2D eigenvalue weighted by atomic mass is 35.5. The van der Waals surface area contributed by atoms with Gasteiger partial charge < -0.3 is 4.74 Å². The second-order valence-corrected chi connectivity index (χ2v) is 5.17. The van der Waals surface area contributed by atoms with Gasteiger partial charge in [0.25, 0.3) is 0 Å². The van der Waals surface area contributed by atoms with Crippen LogP contribution < -0.4 is 0 Å². The van der Waals surface area contributed by atoms with E-state index in [0.717, 1.165) is 12.8 Å². The van der Waals surface area contributed by atoms with Crippen LogP contribution in [0.4, 0.5) is 0 Å². The van der Waals surface area contributed by atoms with Gasteiger partial charge in [-0.1, -0.05) is 47.5 Å². The molecule has 3 heteroatoms. The molecule has 2 aromatic rings. The average Bonchev–Trinajstić information content (AvgIpc) is 2.45. The van der Waals surface area contributed by atoms with Crippen LogP contribution in [0.2, 0.25) is 5.02 Å². The zero-order valence-corrected chi connectivity index (χ0v) is 12.2. The van der Waals surface area contributed by atoms with E-state index in [9.17, 15) is 4.79 Å². The van der Waals surface area contributed by atoms with Crippen molar-refractivity contribution < 1.29 is 9.53 Å². The van der Waals surface area contributed by atoms with Crippen LogP contribution >= 0.6 is 11.6 Å². The molecule has 0 spiro atoms. The second-order valence-electron chi connectivity index (χ2n) is 4.74. The van der Waals surface area contributed by atoms with E-state index >= 15 is 0 Å². The lowest BCUT2D eigenvalue weighted by molar-refractivity contribution is 0.0500. The molecule has 0 aliphatic heterocycles. The summed E-state index contributed by atoms with van der Waals surface area (Å²) in [6.07, 6.45) is 1.72. The Morgan fingerprint density at radius 3 is 2.60 bits per heavy atom. The minimum atomic E-state index is -0.323. The summed E-state index contributed by atoms with van der Waals surface area (Å²) in [6, 6.07) is 15.2. The van der Waals surface area contributed by atoms with Crippen LogP contribution in [0.15, 0.2) is 48.5 Å². The zero-order valence-electron chi connectivity index (χ0n) is 11.4. The minimum Gasteiger partial charge on any atom is -0.462 e. The molecule has 0 fully saturated rings. The van der Waals surface area contributed by atoms with E-state index in [1.54, 1.807) is 24.3 Å². The second kappa shape index (κ2) is 7.11. The molecule has 104 valence electrons. The first-order valence-electron chi connectivity index (χ1n) is 6.63. The Kier molecular flexibility index (Phi) is 5.19. The quantitative estimate of drug-likeness (QED) is 0.601. The fourth-order valence-corrected chi connectivity index (χ4v) is 2.08. The van der Waals surface area contributed by atoms with E-state index in [1.807, 2.05) is 0 Å². The van der Waals surface area contributed by atoms with E-state index in [4.69, 9.17) is 16.3 Å². The van der Waals surface area contributed by atoms with E-state index < -0.39 is 0 Å². The molecule has 0 radical (unpaired) electrons. The Balaban J connectivity index is 1.76. The van der Waals surface area contributed by atoms with Gasteiger partial charge >= 0.3 is 5.97 Å². The molecule has 20 heavy (non-hydrogen) atoms. The lowest BCUT2D eigenvalue weighted by Crippen LogP contribution is -2.07. The SMILES string of the molecule is Cc1ccc(CCCOC(=O)c2cccc(Cl)c2)cc1. The van der Waals surface area contributed by atoms with Gasteiger partial charge in [-0.25, -0.2) is 4.79 Å². The van der Waals surface area contributed by atoms with Crippen molar-refractivity contribution in [3.8, 4) is 0 Å². The molecule has 0 bridgehead atoms. The molecular weight excluding hydrogens is 272 g/mol. The highest BCUT2D eigenvalue weighted by Crippen LogP contribution is 2.12. The van der Waals surface area contributed by atoms with Gasteiger partial charge in [0.1, 0.15) is 0 Å². The first-order valence-corrected chi connectivity index (χ1v) is 7.01. The number of benzene rings is 2.